The lowest BCUT2D eigenvalue weighted by molar-refractivity contribution is -0.134. The molecule has 9 heteroatoms. The number of amides is 2. The number of likely N-dealkylation sites (tertiary alicyclic amines) is 1. The van der Waals surface area contributed by atoms with Crippen molar-refractivity contribution in [1.82, 2.24) is 9.80 Å². The molecule has 0 radical (unpaired) electrons. The third-order valence-corrected chi connectivity index (χ3v) is 6.02. The van der Waals surface area contributed by atoms with Gasteiger partial charge in [0.1, 0.15) is 17.7 Å². The molecule has 29 heavy (non-hydrogen) atoms. The van der Waals surface area contributed by atoms with E-state index < -0.39 is 17.7 Å². The first kappa shape index (κ1) is 21.6. The summed E-state index contributed by atoms with van der Waals surface area (Å²) in [6.07, 6.45) is 0.00139. The van der Waals surface area contributed by atoms with Crippen LogP contribution in [0.1, 0.15) is 32.8 Å². The van der Waals surface area contributed by atoms with Crippen molar-refractivity contribution < 1.29 is 14.3 Å². The van der Waals surface area contributed by atoms with Crippen molar-refractivity contribution in [2.45, 2.75) is 44.9 Å². The van der Waals surface area contributed by atoms with Crippen molar-refractivity contribution in [1.29, 1.82) is 5.26 Å². The van der Waals surface area contributed by atoms with Crippen molar-refractivity contribution in [2.24, 2.45) is 0 Å². The van der Waals surface area contributed by atoms with E-state index in [1.807, 2.05) is 26.8 Å². The second kappa shape index (κ2) is 8.72. The van der Waals surface area contributed by atoms with Crippen LogP contribution in [0, 0.1) is 11.3 Å². The fourth-order valence-electron chi connectivity index (χ4n) is 3.43. The van der Waals surface area contributed by atoms with Gasteiger partial charge in [-0.3, -0.25) is 9.69 Å². The number of benzene rings is 1. The van der Waals surface area contributed by atoms with Crippen LogP contribution in [0.2, 0.25) is 5.02 Å². The van der Waals surface area contributed by atoms with Gasteiger partial charge in [0.25, 0.3) is 0 Å². The summed E-state index contributed by atoms with van der Waals surface area (Å²) in [6.45, 7) is 6.48. The maximum atomic E-state index is 13.0. The zero-order chi connectivity index (χ0) is 21.2. The lowest BCUT2D eigenvalue weighted by Gasteiger charge is -2.29. The van der Waals surface area contributed by atoms with Gasteiger partial charge in [0.05, 0.1) is 16.5 Å². The van der Waals surface area contributed by atoms with Crippen molar-refractivity contribution in [3.05, 3.63) is 28.8 Å². The molecule has 2 amide bonds. The van der Waals surface area contributed by atoms with Crippen LogP contribution in [-0.2, 0) is 9.53 Å². The number of thioether (sulfide) groups is 1. The van der Waals surface area contributed by atoms with Crippen molar-refractivity contribution in [3.63, 3.8) is 0 Å². The van der Waals surface area contributed by atoms with Gasteiger partial charge in [-0.05, 0) is 45.4 Å². The zero-order valence-electron chi connectivity index (χ0n) is 16.8. The number of carbonyl (C=O) groups is 2. The first-order chi connectivity index (χ1) is 13.7. The molecule has 156 valence electrons. The number of halogens is 1. The SMILES string of the molecule is CC(C)(C)OC(=O)N1C[C@@H](Nc2ccc(C#N)c(Cl)c2)C[C@H]1C(=O)N1CCSC1. The Kier molecular flexibility index (Phi) is 6.49. The Morgan fingerprint density at radius 1 is 1.38 bits per heavy atom. The Bertz CT molecular complexity index is 830. The minimum Gasteiger partial charge on any atom is -0.444 e. The Morgan fingerprint density at radius 3 is 2.72 bits per heavy atom. The van der Waals surface area contributed by atoms with E-state index in [-0.39, 0.29) is 11.9 Å². The third-order valence-electron chi connectivity index (χ3n) is 4.74. The fourth-order valence-corrected chi connectivity index (χ4v) is 4.60. The number of rotatable bonds is 3. The number of hydrogen-bond acceptors (Lipinski definition) is 6. The number of anilines is 1. The first-order valence-electron chi connectivity index (χ1n) is 9.50. The zero-order valence-corrected chi connectivity index (χ0v) is 18.3. The summed E-state index contributed by atoms with van der Waals surface area (Å²) in [6, 6.07) is 6.45. The average Bonchev–Trinajstić information content (AvgIpc) is 3.30. The van der Waals surface area contributed by atoms with E-state index in [4.69, 9.17) is 21.6 Å². The molecule has 0 saturated carbocycles. The summed E-state index contributed by atoms with van der Waals surface area (Å²) in [4.78, 5) is 29.1. The number of nitriles is 1. The van der Waals surface area contributed by atoms with E-state index in [9.17, 15) is 9.59 Å². The minimum atomic E-state index is -0.639. The van der Waals surface area contributed by atoms with Gasteiger partial charge in [0.15, 0.2) is 0 Å². The predicted molar refractivity (Wildman–Crippen MR) is 114 cm³/mol. The molecule has 0 aromatic heterocycles. The van der Waals surface area contributed by atoms with Gasteiger partial charge in [-0.25, -0.2) is 4.79 Å². The van der Waals surface area contributed by atoms with Gasteiger partial charge in [0.2, 0.25) is 5.91 Å². The van der Waals surface area contributed by atoms with Crippen molar-refractivity contribution >= 4 is 41.1 Å². The molecule has 1 aromatic carbocycles. The Balaban J connectivity index is 1.76. The number of carbonyl (C=O) groups excluding carboxylic acids is 2. The Labute approximate surface area is 180 Å². The van der Waals surface area contributed by atoms with Gasteiger partial charge < -0.3 is 15.0 Å². The van der Waals surface area contributed by atoms with Crippen molar-refractivity contribution in [2.75, 3.05) is 30.0 Å². The quantitative estimate of drug-likeness (QED) is 0.780. The molecule has 2 fully saturated rings. The highest BCUT2D eigenvalue weighted by Gasteiger charge is 2.43. The topological polar surface area (TPSA) is 85.7 Å². The van der Waals surface area contributed by atoms with E-state index in [0.717, 1.165) is 11.4 Å². The van der Waals surface area contributed by atoms with Gasteiger partial charge >= 0.3 is 6.09 Å². The van der Waals surface area contributed by atoms with Crippen LogP contribution in [0.4, 0.5) is 10.5 Å². The summed E-state index contributed by atoms with van der Waals surface area (Å²) in [5.74, 6) is 1.53. The van der Waals surface area contributed by atoms with E-state index in [1.54, 1.807) is 34.9 Å². The molecule has 0 bridgehead atoms. The van der Waals surface area contributed by atoms with Gasteiger partial charge in [-0.15, -0.1) is 11.8 Å². The van der Waals surface area contributed by atoms with Gasteiger partial charge in [-0.2, -0.15) is 5.26 Å². The largest absolute Gasteiger partial charge is 0.444 e. The summed E-state index contributed by atoms with van der Waals surface area (Å²) >= 11 is 7.83. The fraction of sp³-hybridized carbons (Fsp3) is 0.550. The predicted octanol–water partition coefficient (Wildman–Crippen LogP) is 3.53. The lowest BCUT2D eigenvalue weighted by atomic mass is 10.1. The molecule has 1 aromatic rings. The standard InChI is InChI=1S/C20H25ClN4O3S/c1-20(2,3)28-19(27)25-11-15(9-17(25)18(26)24-6-7-29-12-24)23-14-5-4-13(10-22)16(21)8-14/h4-5,8,15,17,23H,6-7,9,11-12H2,1-3H3/t15-,17-/m0/s1. The molecular formula is C20H25ClN4O3S. The van der Waals surface area contributed by atoms with Gasteiger partial charge in [0, 0.05) is 30.6 Å². The molecule has 2 aliphatic rings. The van der Waals surface area contributed by atoms with Crippen LogP contribution in [0.15, 0.2) is 18.2 Å². The van der Waals surface area contributed by atoms with Gasteiger partial charge in [-0.1, -0.05) is 11.6 Å². The maximum Gasteiger partial charge on any atom is 0.411 e. The summed E-state index contributed by atoms with van der Waals surface area (Å²) in [5.41, 5.74) is 0.506. The maximum absolute atomic E-state index is 13.0. The molecule has 2 saturated heterocycles. The highest BCUT2D eigenvalue weighted by molar-refractivity contribution is 7.99. The van der Waals surface area contributed by atoms with Crippen LogP contribution in [0.25, 0.3) is 0 Å². The van der Waals surface area contributed by atoms with Crippen LogP contribution >= 0.6 is 23.4 Å². The van der Waals surface area contributed by atoms with Crippen molar-refractivity contribution in [3.8, 4) is 6.07 Å². The van der Waals surface area contributed by atoms with Crippen LogP contribution < -0.4 is 5.32 Å². The first-order valence-corrected chi connectivity index (χ1v) is 11.0. The van der Waals surface area contributed by atoms with E-state index >= 15 is 0 Å². The van der Waals surface area contributed by atoms with E-state index in [2.05, 4.69) is 5.32 Å². The molecule has 2 heterocycles. The summed E-state index contributed by atoms with van der Waals surface area (Å²) < 4.78 is 5.54. The molecule has 1 N–H and O–H groups in total. The number of nitrogens with one attached hydrogen (secondary N) is 1. The minimum absolute atomic E-state index is 0.0389. The van der Waals surface area contributed by atoms with Crippen LogP contribution in [-0.4, -0.2) is 64.2 Å². The second-order valence-electron chi connectivity index (χ2n) is 8.17. The Hall–Kier alpha value is -2.11. The molecule has 3 rings (SSSR count). The molecule has 2 atom stereocenters. The number of ether oxygens (including phenoxy) is 1. The van der Waals surface area contributed by atoms with Crippen LogP contribution in [0.3, 0.4) is 0 Å². The highest BCUT2D eigenvalue weighted by Crippen LogP contribution is 2.28. The molecule has 0 spiro atoms. The lowest BCUT2D eigenvalue weighted by Crippen LogP contribution is -2.48. The van der Waals surface area contributed by atoms with Crippen LogP contribution in [0.5, 0.6) is 0 Å². The monoisotopic (exact) mass is 436 g/mol. The normalized spacial score (nSPS) is 21.8. The summed E-state index contributed by atoms with van der Waals surface area (Å²) in [5, 5.41) is 12.7. The Morgan fingerprint density at radius 2 is 2.14 bits per heavy atom. The average molecular weight is 437 g/mol. The number of hydrogen-bond donors (Lipinski definition) is 1. The third kappa shape index (κ3) is 5.28. The number of nitrogens with zero attached hydrogens (tertiary/aromatic N) is 3. The molecule has 0 aliphatic carbocycles. The second-order valence-corrected chi connectivity index (χ2v) is 9.65. The molecule has 0 unspecified atom stereocenters. The molecule has 2 aliphatic heterocycles. The molecule has 7 nitrogen and oxygen atoms in total. The summed E-state index contributed by atoms with van der Waals surface area (Å²) in [7, 11) is 0. The highest BCUT2D eigenvalue weighted by atomic mass is 35.5. The smallest absolute Gasteiger partial charge is 0.411 e. The molecular weight excluding hydrogens is 412 g/mol. The van der Waals surface area contributed by atoms with E-state index in [0.29, 0.717) is 36.0 Å². The van der Waals surface area contributed by atoms with E-state index in [1.165, 1.54) is 4.90 Å².